The topological polar surface area (TPSA) is 43.6 Å². The number of pyridine rings is 2. The molecule has 0 amide bonds. The molecule has 0 saturated heterocycles. The highest BCUT2D eigenvalue weighted by molar-refractivity contribution is 6.30. The van der Waals surface area contributed by atoms with Crippen LogP contribution in [0.25, 0.3) is 38.9 Å². The molecule has 2 aromatic carbocycles. The molecule has 5 heteroatoms. The summed E-state index contributed by atoms with van der Waals surface area (Å²) >= 11 is 6.16. The van der Waals surface area contributed by atoms with Gasteiger partial charge in [-0.1, -0.05) is 48.9 Å². The Balaban J connectivity index is 1.70. The average Bonchev–Trinajstić information content (AvgIpc) is 3.19. The van der Waals surface area contributed by atoms with Crippen LogP contribution in [0.1, 0.15) is 24.6 Å². The van der Waals surface area contributed by atoms with E-state index in [1.54, 1.807) is 0 Å². The second-order valence-corrected chi connectivity index (χ2v) is 8.88. The van der Waals surface area contributed by atoms with Gasteiger partial charge in [0.15, 0.2) is 5.65 Å². The molecule has 0 bridgehead atoms. The van der Waals surface area contributed by atoms with Crippen LogP contribution in [0.4, 0.5) is 0 Å². The Morgan fingerprint density at radius 3 is 2.65 bits per heavy atom. The van der Waals surface area contributed by atoms with Gasteiger partial charge in [-0.05, 0) is 61.1 Å². The number of hydrogen-bond donors (Lipinski definition) is 0. The van der Waals surface area contributed by atoms with Crippen molar-refractivity contribution >= 4 is 33.5 Å². The second kappa shape index (κ2) is 7.17. The van der Waals surface area contributed by atoms with E-state index < -0.39 is 0 Å². The summed E-state index contributed by atoms with van der Waals surface area (Å²) in [6.07, 6.45) is 5.27. The lowest BCUT2D eigenvalue weighted by Crippen LogP contribution is -2.13. The highest BCUT2D eigenvalue weighted by Gasteiger charge is 2.22. The van der Waals surface area contributed by atoms with Crippen molar-refractivity contribution in [2.45, 2.75) is 26.2 Å². The Bertz CT molecular complexity index is 1420. The maximum atomic E-state index is 6.16. The smallest absolute Gasteiger partial charge is 0.165 e. The van der Waals surface area contributed by atoms with Gasteiger partial charge in [0, 0.05) is 27.9 Å². The number of benzene rings is 2. The van der Waals surface area contributed by atoms with Crippen LogP contribution in [-0.4, -0.2) is 19.7 Å². The molecule has 0 saturated carbocycles. The van der Waals surface area contributed by atoms with Crippen LogP contribution in [0, 0.1) is 5.92 Å². The molecule has 31 heavy (non-hydrogen) atoms. The Hall–Kier alpha value is -3.24. The van der Waals surface area contributed by atoms with E-state index in [1.807, 2.05) is 65.5 Å². The van der Waals surface area contributed by atoms with Gasteiger partial charge in [0.05, 0.1) is 16.6 Å². The molecule has 1 unspecified atom stereocenters. The summed E-state index contributed by atoms with van der Waals surface area (Å²) < 4.78 is 1.92. The van der Waals surface area contributed by atoms with Gasteiger partial charge in [-0.25, -0.2) is 9.67 Å². The van der Waals surface area contributed by atoms with E-state index in [-0.39, 0.29) is 0 Å². The number of fused-ring (bicyclic) bond motifs is 4. The number of aryl methyl sites for hydroxylation is 1. The number of nitrogens with zero attached hydrogens (tertiary/aromatic N) is 4. The van der Waals surface area contributed by atoms with Crippen molar-refractivity contribution in [3.63, 3.8) is 0 Å². The molecule has 3 heterocycles. The Labute approximate surface area is 185 Å². The van der Waals surface area contributed by atoms with Gasteiger partial charge < -0.3 is 0 Å². The molecule has 4 nitrogen and oxygen atoms in total. The van der Waals surface area contributed by atoms with E-state index in [9.17, 15) is 0 Å². The zero-order valence-electron chi connectivity index (χ0n) is 17.2. The van der Waals surface area contributed by atoms with Crippen molar-refractivity contribution in [2.24, 2.45) is 5.92 Å². The third-order valence-corrected chi connectivity index (χ3v) is 6.46. The standard InChI is InChI=1S/C26H21ClN4/c1-16-7-8-18-14-19-15-28-26-23(24(19)29-22(18)13-16)25(17-9-11-20(27)12-10-17)30-31(26)21-5-3-2-4-6-21/h2-6,9-12,14-16H,7-8,13H2,1H3. The van der Waals surface area contributed by atoms with Gasteiger partial charge >= 0.3 is 0 Å². The Kier molecular flexibility index (Phi) is 4.29. The fraction of sp³-hybridized carbons (Fsp3) is 0.192. The summed E-state index contributed by atoms with van der Waals surface area (Å²) in [5.74, 6) is 0.664. The van der Waals surface area contributed by atoms with Crippen LogP contribution in [0.2, 0.25) is 5.02 Å². The predicted octanol–water partition coefficient (Wildman–Crippen LogP) is 6.41. The first-order chi connectivity index (χ1) is 15.2. The maximum Gasteiger partial charge on any atom is 0.165 e. The fourth-order valence-electron chi connectivity index (χ4n) is 4.57. The lowest BCUT2D eigenvalue weighted by atomic mass is 9.87. The molecule has 6 rings (SSSR count). The van der Waals surface area contributed by atoms with E-state index in [1.165, 1.54) is 17.7 Å². The molecule has 0 aliphatic heterocycles. The van der Waals surface area contributed by atoms with Crippen molar-refractivity contribution in [1.82, 2.24) is 19.7 Å². The zero-order chi connectivity index (χ0) is 20.9. The van der Waals surface area contributed by atoms with Gasteiger partial charge in [0.1, 0.15) is 5.69 Å². The molecular formula is C26H21ClN4. The average molecular weight is 425 g/mol. The summed E-state index contributed by atoms with van der Waals surface area (Å²) in [7, 11) is 0. The van der Waals surface area contributed by atoms with Gasteiger partial charge in [-0.15, -0.1) is 0 Å². The van der Waals surface area contributed by atoms with Crippen molar-refractivity contribution in [2.75, 3.05) is 0 Å². The number of halogens is 1. The Morgan fingerprint density at radius 1 is 1.03 bits per heavy atom. The van der Waals surface area contributed by atoms with Crippen LogP contribution in [0.15, 0.2) is 66.9 Å². The minimum Gasteiger partial charge on any atom is -0.252 e. The largest absolute Gasteiger partial charge is 0.252 e. The molecular weight excluding hydrogens is 404 g/mol. The molecule has 152 valence electrons. The van der Waals surface area contributed by atoms with Crippen molar-refractivity contribution in [3.8, 4) is 16.9 Å². The van der Waals surface area contributed by atoms with Gasteiger partial charge in [-0.2, -0.15) is 5.10 Å². The zero-order valence-corrected chi connectivity index (χ0v) is 18.0. The SMILES string of the molecule is CC1CCc2cc3cnc4c(c(-c5ccc(Cl)cc5)nn4-c4ccccc4)c3nc2C1. The third kappa shape index (κ3) is 3.10. The number of rotatable bonds is 2. The number of hydrogen-bond acceptors (Lipinski definition) is 3. The first kappa shape index (κ1) is 18.5. The molecule has 3 aromatic heterocycles. The number of aromatic nitrogens is 4. The minimum atomic E-state index is 0.664. The van der Waals surface area contributed by atoms with E-state index in [4.69, 9.17) is 26.7 Å². The predicted molar refractivity (Wildman–Crippen MR) is 126 cm³/mol. The second-order valence-electron chi connectivity index (χ2n) is 8.44. The van der Waals surface area contributed by atoms with Gasteiger partial charge in [-0.3, -0.25) is 4.98 Å². The molecule has 1 atom stereocenters. The van der Waals surface area contributed by atoms with E-state index in [0.29, 0.717) is 10.9 Å². The highest BCUT2D eigenvalue weighted by Crippen LogP contribution is 2.36. The lowest BCUT2D eigenvalue weighted by Gasteiger charge is -2.21. The molecule has 0 spiro atoms. The fourth-order valence-corrected chi connectivity index (χ4v) is 4.70. The van der Waals surface area contributed by atoms with Crippen LogP contribution >= 0.6 is 11.6 Å². The van der Waals surface area contributed by atoms with Crippen molar-refractivity contribution in [1.29, 1.82) is 0 Å². The molecule has 1 aliphatic rings. The van der Waals surface area contributed by atoms with Crippen LogP contribution in [-0.2, 0) is 12.8 Å². The lowest BCUT2D eigenvalue weighted by molar-refractivity contribution is 0.493. The highest BCUT2D eigenvalue weighted by atomic mass is 35.5. The molecule has 1 aliphatic carbocycles. The number of para-hydroxylation sites is 1. The summed E-state index contributed by atoms with van der Waals surface area (Å²) in [6.45, 7) is 2.31. The van der Waals surface area contributed by atoms with Crippen LogP contribution in [0.5, 0.6) is 0 Å². The summed E-state index contributed by atoms with van der Waals surface area (Å²) in [6, 6.07) is 20.2. The molecule has 0 fully saturated rings. The normalized spacial score (nSPS) is 16.0. The quantitative estimate of drug-likeness (QED) is 0.328. The van der Waals surface area contributed by atoms with E-state index in [2.05, 4.69) is 13.0 Å². The third-order valence-electron chi connectivity index (χ3n) is 6.21. The van der Waals surface area contributed by atoms with Crippen LogP contribution < -0.4 is 0 Å². The van der Waals surface area contributed by atoms with E-state index in [0.717, 1.165) is 51.7 Å². The molecule has 0 N–H and O–H groups in total. The van der Waals surface area contributed by atoms with Crippen LogP contribution in [0.3, 0.4) is 0 Å². The van der Waals surface area contributed by atoms with E-state index >= 15 is 0 Å². The van der Waals surface area contributed by atoms with Crippen molar-refractivity contribution < 1.29 is 0 Å². The monoisotopic (exact) mass is 424 g/mol. The summed E-state index contributed by atoms with van der Waals surface area (Å²) in [5, 5.41) is 7.78. The van der Waals surface area contributed by atoms with Crippen molar-refractivity contribution in [3.05, 3.63) is 83.1 Å². The van der Waals surface area contributed by atoms with Gasteiger partial charge in [0.25, 0.3) is 0 Å². The summed E-state index contributed by atoms with van der Waals surface area (Å²) in [4.78, 5) is 10.0. The first-order valence-corrected chi connectivity index (χ1v) is 11.1. The summed E-state index contributed by atoms with van der Waals surface area (Å²) in [5.41, 5.74) is 7.23. The maximum absolute atomic E-state index is 6.16. The minimum absolute atomic E-state index is 0.664. The van der Waals surface area contributed by atoms with Gasteiger partial charge in [0.2, 0.25) is 0 Å². The first-order valence-electron chi connectivity index (χ1n) is 10.7. The molecule has 0 radical (unpaired) electrons. The molecule has 5 aromatic rings. The Morgan fingerprint density at radius 2 is 1.84 bits per heavy atom.